The van der Waals surface area contributed by atoms with Crippen molar-refractivity contribution < 1.29 is 13.2 Å². The molecule has 8 heteroatoms. The average Bonchev–Trinajstić information content (AvgIpc) is 2.79. The van der Waals surface area contributed by atoms with Crippen molar-refractivity contribution in [3.8, 4) is 5.75 Å². The van der Waals surface area contributed by atoms with Gasteiger partial charge in [-0.05, 0) is 30.7 Å². The SMILES string of the molecule is COc1ccc(NC(N)=NCCN2CCCS2(=O)=O)cc1. The molecule has 0 radical (unpaired) electrons. The molecule has 0 aliphatic carbocycles. The number of nitrogens with zero attached hydrogens (tertiary/aromatic N) is 2. The maximum Gasteiger partial charge on any atom is 0.214 e. The Bertz CT molecular complexity index is 598. The van der Waals surface area contributed by atoms with Crippen molar-refractivity contribution in [2.75, 3.05) is 37.8 Å². The van der Waals surface area contributed by atoms with E-state index in [4.69, 9.17) is 10.5 Å². The first-order valence-corrected chi connectivity index (χ1v) is 8.31. The molecular weight excluding hydrogens is 292 g/mol. The number of hydrogen-bond donors (Lipinski definition) is 2. The molecule has 1 aliphatic rings. The molecule has 3 N–H and O–H groups in total. The number of hydrogen-bond acceptors (Lipinski definition) is 4. The van der Waals surface area contributed by atoms with Crippen LogP contribution in [0, 0.1) is 0 Å². The molecule has 1 fully saturated rings. The summed E-state index contributed by atoms with van der Waals surface area (Å²) in [5, 5.41) is 2.94. The van der Waals surface area contributed by atoms with Crippen molar-refractivity contribution in [1.29, 1.82) is 0 Å². The topological polar surface area (TPSA) is 97.0 Å². The van der Waals surface area contributed by atoms with E-state index < -0.39 is 10.0 Å². The summed E-state index contributed by atoms with van der Waals surface area (Å²) in [5.41, 5.74) is 6.57. The quantitative estimate of drug-likeness (QED) is 0.608. The first-order chi connectivity index (χ1) is 10.0. The van der Waals surface area contributed by atoms with Gasteiger partial charge < -0.3 is 15.8 Å². The smallest absolute Gasteiger partial charge is 0.214 e. The summed E-state index contributed by atoms with van der Waals surface area (Å²) in [4.78, 5) is 4.14. The number of guanidine groups is 1. The first kappa shape index (κ1) is 15.6. The van der Waals surface area contributed by atoms with Crippen LogP contribution in [-0.2, 0) is 10.0 Å². The molecule has 0 aromatic heterocycles. The molecule has 0 atom stereocenters. The maximum atomic E-state index is 11.6. The fourth-order valence-electron chi connectivity index (χ4n) is 2.09. The molecule has 1 aromatic rings. The van der Waals surface area contributed by atoms with Crippen LogP contribution in [0.25, 0.3) is 0 Å². The standard InChI is InChI=1S/C13H20N4O3S/c1-20-12-5-3-11(4-6-12)16-13(14)15-7-9-17-8-2-10-21(17,18)19/h3-6H,2,7-10H2,1H3,(H3,14,15,16). The molecule has 21 heavy (non-hydrogen) atoms. The van der Waals surface area contributed by atoms with Crippen LogP contribution in [0.1, 0.15) is 6.42 Å². The zero-order chi connectivity index (χ0) is 15.3. The fourth-order valence-corrected chi connectivity index (χ4v) is 3.61. The molecular formula is C13H20N4O3S. The number of ether oxygens (including phenoxy) is 1. The Morgan fingerprint density at radius 3 is 2.71 bits per heavy atom. The molecule has 0 amide bonds. The molecule has 1 aliphatic heterocycles. The largest absolute Gasteiger partial charge is 0.497 e. The molecule has 116 valence electrons. The highest BCUT2D eigenvalue weighted by molar-refractivity contribution is 7.89. The summed E-state index contributed by atoms with van der Waals surface area (Å²) in [7, 11) is -1.46. The molecule has 0 unspecified atom stereocenters. The lowest BCUT2D eigenvalue weighted by molar-refractivity contribution is 0.415. The molecule has 1 aromatic carbocycles. The van der Waals surface area contributed by atoms with E-state index in [0.29, 0.717) is 26.1 Å². The number of nitrogens with two attached hydrogens (primary N) is 1. The van der Waals surface area contributed by atoms with E-state index in [0.717, 1.165) is 11.4 Å². The van der Waals surface area contributed by atoms with Gasteiger partial charge in [-0.2, -0.15) is 0 Å². The first-order valence-electron chi connectivity index (χ1n) is 6.70. The Balaban J connectivity index is 1.83. The van der Waals surface area contributed by atoms with Crippen molar-refractivity contribution in [3.63, 3.8) is 0 Å². The van der Waals surface area contributed by atoms with Gasteiger partial charge in [-0.15, -0.1) is 0 Å². The summed E-state index contributed by atoms with van der Waals surface area (Å²) >= 11 is 0. The molecule has 0 bridgehead atoms. The van der Waals surface area contributed by atoms with Crippen LogP contribution in [0.4, 0.5) is 5.69 Å². The third-order valence-corrected chi connectivity index (χ3v) is 5.15. The highest BCUT2D eigenvalue weighted by Gasteiger charge is 2.27. The summed E-state index contributed by atoms with van der Waals surface area (Å²) < 4.78 is 29.7. The van der Waals surface area contributed by atoms with Crippen molar-refractivity contribution in [2.24, 2.45) is 10.7 Å². The van der Waals surface area contributed by atoms with Crippen LogP contribution in [0.15, 0.2) is 29.3 Å². The number of aliphatic imine (C=N–C) groups is 1. The number of methoxy groups -OCH3 is 1. The van der Waals surface area contributed by atoms with Gasteiger partial charge in [0.2, 0.25) is 10.0 Å². The summed E-state index contributed by atoms with van der Waals surface area (Å²) in [6, 6.07) is 7.27. The van der Waals surface area contributed by atoms with Gasteiger partial charge in [0.1, 0.15) is 5.75 Å². The predicted molar refractivity (Wildman–Crippen MR) is 83.1 cm³/mol. The Labute approximate surface area is 124 Å². The second-order valence-electron chi connectivity index (χ2n) is 4.69. The summed E-state index contributed by atoms with van der Waals surface area (Å²) in [6.07, 6.45) is 0.686. The fraction of sp³-hybridized carbons (Fsp3) is 0.462. The Morgan fingerprint density at radius 2 is 2.14 bits per heavy atom. The van der Waals surface area contributed by atoms with Crippen molar-refractivity contribution in [1.82, 2.24) is 4.31 Å². The molecule has 0 saturated carbocycles. The summed E-state index contributed by atoms with van der Waals surface area (Å²) in [5.74, 6) is 1.25. The van der Waals surface area contributed by atoms with Gasteiger partial charge in [0.05, 0.1) is 19.4 Å². The second-order valence-corrected chi connectivity index (χ2v) is 6.78. The normalized spacial score (nSPS) is 18.6. The molecule has 1 heterocycles. The lowest BCUT2D eigenvalue weighted by Gasteiger charge is -2.12. The van der Waals surface area contributed by atoms with Crippen molar-refractivity contribution >= 4 is 21.7 Å². The number of benzene rings is 1. The van der Waals surface area contributed by atoms with Gasteiger partial charge in [-0.25, -0.2) is 12.7 Å². The van der Waals surface area contributed by atoms with Gasteiger partial charge in [0, 0.05) is 18.8 Å². The number of nitrogens with one attached hydrogen (secondary N) is 1. The summed E-state index contributed by atoms with van der Waals surface area (Å²) in [6.45, 7) is 1.28. The van der Waals surface area contributed by atoms with Crippen LogP contribution in [-0.4, -0.2) is 51.2 Å². The minimum atomic E-state index is -3.06. The molecule has 0 spiro atoms. The Kier molecular flexibility index (Phi) is 5.03. The van der Waals surface area contributed by atoms with Crippen molar-refractivity contribution in [3.05, 3.63) is 24.3 Å². The molecule has 7 nitrogen and oxygen atoms in total. The Morgan fingerprint density at radius 1 is 1.43 bits per heavy atom. The van der Waals surface area contributed by atoms with Crippen LogP contribution >= 0.6 is 0 Å². The van der Waals surface area contributed by atoms with Crippen LogP contribution in [0.3, 0.4) is 0 Å². The van der Waals surface area contributed by atoms with E-state index in [2.05, 4.69) is 10.3 Å². The van der Waals surface area contributed by atoms with E-state index in [9.17, 15) is 8.42 Å². The zero-order valence-electron chi connectivity index (χ0n) is 11.9. The second kappa shape index (κ2) is 6.77. The molecule has 2 rings (SSSR count). The van der Waals surface area contributed by atoms with E-state index in [1.807, 2.05) is 24.3 Å². The maximum absolute atomic E-state index is 11.6. The highest BCUT2D eigenvalue weighted by Crippen LogP contribution is 2.15. The van der Waals surface area contributed by atoms with E-state index in [1.54, 1.807) is 7.11 Å². The highest BCUT2D eigenvalue weighted by atomic mass is 32.2. The van der Waals surface area contributed by atoms with Crippen LogP contribution < -0.4 is 15.8 Å². The minimum Gasteiger partial charge on any atom is -0.497 e. The zero-order valence-corrected chi connectivity index (χ0v) is 12.8. The average molecular weight is 312 g/mol. The van der Waals surface area contributed by atoms with Crippen molar-refractivity contribution in [2.45, 2.75) is 6.42 Å². The number of anilines is 1. The van der Waals surface area contributed by atoms with Crippen LogP contribution in [0.2, 0.25) is 0 Å². The van der Waals surface area contributed by atoms with E-state index >= 15 is 0 Å². The van der Waals surface area contributed by atoms with Gasteiger partial charge in [-0.1, -0.05) is 0 Å². The van der Waals surface area contributed by atoms with E-state index in [1.165, 1.54) is 4.31 Å². The third kappa shape index (κ3) is 4.33. The monoisotopic (exact) mass is 312 g/mol. The third-order valence-electron chi connectivity index (χ3n) is 3.20. The lowest BCUT2D eigenvalue weighted by Crippen LogP contribution is -2.30. The van der Waals surface area contributed by atoms with Gasteiger partial charge >= 0.3 is 0 Å². The predicted octanol–water partition coefficient (Wildman–Crippen LogP) is 0.457. The van der Waals surface area contributed by atoms with Gasteiger partial charge in [0.25, 0.3) is 0 Å². The van der Waals surface area contributed by atoms with Gasteiger partial charge in [-0.3, -0.25) is 4.99 Å². The Hall–Kier alpha value is -1.80. The lowest BCUT2D eigenvalue weighted by atomic mass is 10.3. The van der Waals surface area contributed by atoms with E-state index in [-0.39, 0.29) is 11.7 Å². The minimum absolute atomic E-state index is 0.232. The number of rotatable bonds is 5. The van der Waals surface area contributed by atoms with Crippen LogP contribution in [0.5, 0.6) is 5.75 Å². The van der Waals surface area contributed by atoms with Gasteiger partial charge in [0.15, 0.2) is 5.96 Å². The molecule has 1 saturated heterocycles. The number of sulfonamides is 1.